The van der Waals surface area contributed by atoms with Gasteiger partial charge in [-0.1, -0.05) is 0 Å². The summed E-state index contributed by atoms with van der Waals surface area (Å²) in [6.07, 6.45) is 1.06. The molecule has 3 heterocycles. The Kier molecular flexibility index (Phi) is 2.47. The summed E-state index contributed by atoms with van der Waals surface area (Å²) in [7, 11) is 0. The van der Waals surface area contributed by atoms with Gasteiger partial charge in [0.2, 0.25) is 0 Å². The topological polar surface area (TPSA) is 68.2 Å². The van der Waals surface area contributed by atoms with E-state index in [0.717, 1.165) is 24.2 Å². The lowest BCUT2D eigenvalue weighted by molar-refractivity contribution is 0.315. The number of aromatic nitrogens is 2. The van der Waals surface area contributed by atoms with Crippen molar-refractivity contribution in [1.29, 1.82) is 0 Å². The smallest absolute Gasteiger partial charge is 0.160 e. The SMILES string of the molecule is CC1c2ccsc2CCN1c1ccc(N)c2nonc12. The Morgan fingerprint density at radius 3 is 3.05 bits per heavy atom. The quantitative estimate of drug-likeness (QED) is 0.696. The lowest BCUT2D eigenvalue weighted by atomic mass is 10.0. The fraction of sp³-hybridized carbons (Fsp3) is 0.286. The second kappa shape index (κ2) is 4.21. The minimum Gasteiger partial charge on any atom is -0.397 e. The number of rotatable bonds is 1. The van der Waals surface area contributed by atoms with E-state index in [4.69, 9.17) is 10.4 Å². The van der Waals surface area contributed by atoms with Crippen LogP contribution in [0.1, 0.15) is 23.4 Å². The molecular formula is C14H14N4OS. The normalized spacial score (nSPS) is 18.4. The molecule has 102 valence electrons. The van der Waals surface area contributed by atoms with Gasteiger partial charge in [-0.25, -0.2) is 4.63 Å². The largest absolute Gasteiger partial charge is 0.397 e. The number of benzene rings is 1. The minimum absolute atomic E-state index is 0.327. The van der Waals surface area contributed by atoms with Crippen molar-refractivity contribution in [3.05, 3.63) is 34.0 Å². The van der Waals surface area contributed by atoms with E-state index >= 15 is 0 Å². The third-order valence-corrected chi connectivity index (χ3v) is 5.01. The van der Waals surface area contributed by atoms with Gasteiger partial charge < -0.3 is 10.6 Å². The first-order valence-corrected chi connectivity index (χ1v) is 7.47. The van der Waals surface area contributed by atoms with E-state index in [-0.39, 0.29) is 0 Å². The second-order valence-corrected chi connectivity index (χ2v) is 6.05. The summed E-state index contributed by atoms with van der Waals surface area (Å²) in [5.41, 5.74) is 10.4. The first kappa shape index (κ1) is 11.7. The molecule has 2 N–H and O–H groups in total. The molecule has 0 bridgehead atoms. The average Bonchev–Trinajstić information content (AvgIpc) is 3.09. The van der Waals surface area contributed by atoms with Crippen molar-refractivity contribution in [2.45, 2.75) is 19.4 Å². The molecule has 2 aromatic heterocycles. The molecule has 0 fully saturated rings. The van der Waals surface area contributed by atoms with Crippen LogP contribution in [0.15, 0.2) is 28.2 Å². The van der Waals surface area contributed by atoms with Crippen molar-refractivity contribution in [1.82, 2.24) is 10.3 Å². The third-order valence-electron chi connectivity index (χ3n) is 4.01. The summed E-state index contributed by atoms with van der Waals surface area (Å²) in [6, 6.07) is 6.42. The van der Waals surface area contributed by atoms with E-state index in [1.165, 1.54) is 10.4 Å². The van der Waals surface area contributed by atoms with Crippen molar-refractivity contribution in [2.75, 3.05) is 17.2 Å². The standard InChI is InChI=1S/C14H14N4OS/c1-8-9-5-7-20-12(9)4-6-18(8)11-3-2-10(15)13-14(11)17-19-16-13/h2-3,5,7-8H,4,6,15H2,1H3. The van der Waals surface area contributed by atoms with Gasteiger partial charge in [0.1, 0.15) is 0 Å². The Balaban J connectivity index is 1.85. The molecule has 0 spiro atoms. The Hall–Kier alpha value is -2.08. The number of hydrogen-bond donors (Lipinski definition) is 1. The number of anilines is 2. The molecule has 5 nitrogen and oxygen atoms in total. The maximum absolute atomic E-state index is 5.91. The van der Waals surface area contributed by atoms with Crippen LogP contribution in [-0.4, -0.2) is 16.9 Å². The zero-order valence-corrected chi connectivity index (χ0v) is 11.9. The second-order valence-electron chi connectivity index (χ2n) is 5.05. The molecule has 0 aliphatic carbocycles. The van der Waals surface area contributed by atoms with Crippen LogP contribution in [0, 0.1) is 0 Å². The summed E-state index contributed by atoms with van der Waals surface area (Å²) in [5.74, 6) is 0. The molecule has 1 atom stereocenters. The van der Waals surface area contributed by atoms with Crippen molar-refractivity contribution in [3.8, 4) is 0 Å². The number of nitrogens with zero attached hydrogens (tertiary/aromatic N) is 3. The molecule has 0 saturated heterocycles. The molecule has 1 aromatic carbocycles. The van der Waals surface area contributed by atoms with E-state index in [0.29, 0.717) is 17.2 Å². The van der Waals surface area contributed by atoms with Crippen LogP contribution >= 0.6 is 11.3 Å². The molecule has 4 rings (SSSR count). The maximum atomic E-state index is 5.91. The van der Waals surface area contributed by atoms with Crippen LogP contribution in [0.2, 0.25) is 0 Å². The molecule has 6 heteroatoms. The molecule has 0 saturated carbocycles. The molecule has 1 aliphatic heterocycles. The number of fused-ring (bicyclic) bond motifs is 2. The molecule has 20 heavy (non-hydrogen) atoms. The van der Waals surface area contributed by atoms with Crippen LogP contribution < -0.4 is 10.6 Å². The van der Waals surface area contributed by atoms with E-state index in [9.17, 15) is 0 Å². The third kappa shape index (κ3) is 1.54. The first-order chi connectivity index (χ1) is 9.75. The highest BCUT2D eigenvalue weighted by Crippen LogP contribution is 2.38. The summed E-state index contributed by atoms with van der Waals surface area (Å²) < 4.78 is 4.86. The lowest BCUT2D eigenvalue weighted by Gasteiger charge is -2.35. The molecule has 0 radical (unpaired) electrons. The van der Waals surface area contributed by atoms with Gasteiger partial charge in [0.05, 0.1) is 17.4 Å². The Labute approximate surface area is 120 Å². The van der Waals surface area contributed by atoms with Crippen LogP contribution in [0.3, 0.4) is 0 Å². The fourth-order valence-electron chi connectivity index (χ4n) is 2.94. The predicted molar refractivity (Wildman–Crippen MR) is 80.0 cm³/mol. The van der Waals surface area contributed by atoms with Crippen molar-refractivity contribution in [2.24, 2.45) is 0 Å². The highest BCUT2D eigenvalue weighted by Gasteiger charge is 2.27. The molecule has 1 unspecified atom stereocenters. The van der Waals surface area contributed by atoms with Crippen LogP contribution in [0.5, 0.6) is 0 Å². The van der Waals surface area contributed by atoms with E-state index in [1.807, 2.05) is 23.5 Å². The lowest BCUT2D eigenvalue weighted by Crippen LogP contribution is -2.33. The average molecular weight is 286 g/mol. The Morgan fingerprint density at radius 2 is 2.15 bits per heavy atom. The highest BCUT2D eigenvalue weighted by atomic mass is 32.1. The Morgan fingerprint density at radius 1 is 1.30 bits per heavy atom. The molecule has 0 amide bonds. The summed E-state index contributed by atoms with van der Waals surface area (Å²) in [4.78, 5) is 3.83. The van der Waals surface area contributed by atoms with Crippen molar-refractivity contribution in [3.63, 3.8) is 0 Å². The van der Waals surface area contributed by atoms with E-state index < -0.39 is 0 Å². The van der Waals surface area contributed by atoms with Gasteiger partial charge in [0.15, 0.2) is 11.0 Å². The van der Waals surface area contributed by atoms with Gasteiger partial charge in [0.25, 0.3) is 0 Å². The van der Waals surface area contributed by atoms with Crippen LogP contribution in [-0.2, 0) is 6.42 Å². The maximum Gasteiger partial charge on any atom is 0.160 e. The van der Waals surface area contributed by atoms with Crippen LogP contribution in [0.4, 0.5) is 11.4 Å². The number of thiophene rings is 1. The van der Waals surface area contributed by atoms with Gasteiger partial charge in [-0.15, -0.1) is 11.3 Å². The minimum atomic E-state index is 0.327. The summed E-state index contributed by atoms with van der Waals surface area (Å²) >= 11 is 1.84. The zero-order valence-electron chi connectivity index (χ0n) is 11.0. The summed E-state index contributed by atoms with van der Waals surface area (Å²) in [5, 5.41) is 10.1. The Bertz CT molecular complexity index is 778. The molecule has 1 aliphatic rings. The number of hydrogen-bond acceptors (Lipinski definition) is 6. The fourth-order valence-corrected chi connectivity index (χ4v) is 3.91. The van der Waals surface area contributed by atoms with Crippen molar-refractivity contribution < 1.29 is 4.63 Å². The van der Waals surface area contributed by atoms with Gasteiger partial charge in [-0.3, -0.25) is 0 Å². The number of nitrogens with two attached hydrogens (primary N) is 1. The highest BCUT2D eigenvalue weighted by molar-refractivity contribution is 7.10. The van der Waals surface area contributed by atoms with Gasteiger partial charge in [-0.05, 0) is 52.8 Å². The summed E-state index contributed by atoms with van der Waals surface area (Å²) in [6.45, 7) is 3.20. The predicted octanol–water partition coefficient (Wildman–Crippen LogP) is 2.99. The zero-order chi connectivity index (χ0) is 13.7. The van der Waals surface area contributed by atoms with E-state index in [2.05, 4.69) is 33.6 Å². The van der Waals surface area contributed by atoms with E-state index in [1.54, 1.807) is 0 Å². The van der Waals surface area contributed by atoms with Crippen LogP contribution in [0.25, 0.3) is 11.0 Å². The molecular weight excluding hydrogens is 272 g/mol. The molecule has 3 aromatic rings. The monoisotopic (exact) mass is 286 g/mol. The van der Waals surface area contributed by atoms with Crippen molar-refractivity contribution >= 4 is 33.7 Å². The van der Waals surface area contributed by atoms with Gasteiger partial charge in [-0.2, -0.15) is 0 Å². The number of nitrogen functional groups attached to an aromatic ring is 1. The van der Waals surface area contributed by atoms with Gasteiger partial charge >= 0.3 is 0 Å². The van der Waals surface area contributed by atoms with Gasteiger partial charge in [0, 0.05) is 11.4 Å². The first-order valence-electron chi connectivity index (χ1n) is 6.59.